The number of carbonyl (C=O) groups is 2. The largest absolute Gasteiger partial charge is 0.354 e. The minimum Gasteiger partial charge on any atom is -0.354 e. The Morgan fingerprint density at radius 1 is 1.55 bits per heavy atom. The first-order chi connectivity index (χ1) is 9.72. The zero-order chi connectivity index (χ0) is 13.9. The highest BCUT2D eigenvalue weighted by molar-refractivity contribution is 8.00. The number of rotatable bonds is 4. The van der Waals surface area contributed by atoms with Gasteiger partial charge in [-0.05, 0) is 12.3 Å². The van der Waals surface area contributed by atoms with Crippen LogP contribution in [-0.2, 0) is 22.6 Å². The van der Waals surface area contributed by atoms with Crippen LogP contribution >= 0.6 is 11.8 Å². The molecular formula is C13H18N4O2S. The van der Waals surface area contributed by atoms with E-state index in [2.05, 4.69) is 14.9 Å². The molecule has 1 saturated heterocycles. The van der Waals surface area contributed by atoms with Gasteiger partial charge in [0, 0.05) is 31.9 Å². The van der Waals surface area contributed by atoms with Crippen molar-refractivity contribution in [2.75, 3.05) is 24.7 Å². The molecule has 0 spiro atoms. The molecule has 3 rings (SSSR count). The summed E-state index contributed by atoms with van der Waals surface area (Å²) in [6.45, 7) is 1.82. The third kappa shape index (κ3) is 2.98. The molecule has 1 N–H and O–H groups in total. The summed E-state index contributed by atoms with van der Waals surface area (Å²) in [7, 11) is 0. The topological polar surface area (TPSA) is 67.2 Å². The number of amides is 2. The third-order valence-corrected chi connectivity index (χ3v) is 4.74. The molecule has 20 heavy (non-hydrogen) atoms. The highest BCUT2D eigenvalue weighted by atomic mass is 32.2. The molecule has 1 atom stereocenters. The van der Waals surface area contributed by atoms with Crippen LogP contribution in [0.15, 0.2) is 12.4 Å². The monoisotopic (exact) mass is 294 g/mol. The van der Waals surface area contributed by atoms with Crippen molar-refractivity contribution in [3.8, 4) is 0 Å². The molecule has 2 aliphatic rings. The third-order valence-electron chi connectivity index (χ3n) is 3.80. The van der Waals surface area contributed by atoms with Gasteiger partial charge in [-0.1, -0.05) is 0 Å². The summed E-state index contributed by atoms with van der Waals surface area (Å²) in [6.07, 6.45) is 5.79. The van der Waals surface area contributed by atoms with E-state index in [0.717, 1.165) is 25.2 Å². The van der Waals surface area contributed by atoms with E-state index in [1.807, 2.05) is 12.4 Å². The van der Waals surface area contributed by atoms with Crippen LogP contribution in [0.25, 0.3) is 0 Å². The van der Waals surface area contributed by atoms with E-state index < -0.39 is 0 Å². The lowest BCUT2D eigenvalue weighted by molar-refractivity contribution is -0.132. The molecule has 2 aliphatic heterocycles. The summed E-state index contributed by atoms with van der Waals surface area (Å²) in [6, 6.07) is 0. The zero-order valence-electron chi connectivity index (χ0n) is 11.2. The van der Waals surface area contributed by atoms with Gasteiger partial charge < -0.3 is 14.8 Å². The normalized spacial score (nSPS) is 21.9. The van der Waals surface area contributed by atoms with Crippen molar-refractivity contribution in [2.24, 2.45) is 5.92 Å². The van der Waals surface area contributed by atoms with Crippen molar-refractivity contribution < 1.29 is 9.59 Å². The van der Waals surface area contributed by atoms with E-state index in [1.54, 1.807) is 16.7 Å². The number of carbonyl (C=O) groups excluding carboxylic acids is 2. The number of aromatic nitrogens is 2. The number of thioether (sulfide) groups is 1. The van der Waals surface area contributed by atoms with E-state index in [9.17, 15) is 9.59 Å². The average molecular weight is 294 g/mol. The number of imidazole rings is 1. The first-order valence-electron chi connectivity index (χ1n) is 6.84. The van der Waals surface area contributed by atoms with Crippen LogP contribution in [0.3, 0.4) is 0 Å². The molecule has 0 radical (unpaired) electrons. The van der Waals surface area contributed by atoms with Crippen LogP contribution in [0.1, 0.15) is 12.2 Å². The molecule has 3 heterocycles. The van der Waals surface area contributed by atoms with Crippen LogP contribution in [0.4, 0.5) is 0 Å². The number of nitrogens with one attached hydrogen (secondary N) is 1. The summed E-state index contributed by atoms with van der Waals surface area (Å²) in [5, 5.41) is 2.94. The Kier molecular flexibility index (Phi) is 3.95. The maximum atomic E-state index is 11.8. The van der Waals surface area contributed by atoms with Crippen molar-refractivity contribution in [1.29, 1.82) is 0 Å². The Labute approximate surface area is 121 Å². The van der Waals surface area contributed by atoms with E-state index in [4.69, 9.17) is 0 Å². The highest BCUT2D eigenvalue weighted by Gasteiger charge is 2.24. The van der Waals surface area contributed by atoms with Crippen molar-refractivity contribution in [3.05, 3.63) is 18.2 Å². The fourth-order valence-electron chi connectivity index (χ4n) is 2.62. The van der Waals surface area contributed by atoms with Gasteiger partial charge in [-0.2, -0.15) is 0 Å². The van der Waals surface area contributed by atoms with Gasteiger partial charge in [-0.15, -0.1) is 11.8 Å². The van der Waals surface area contributed by atoms with Gasteiger partial charge in [0.15, 0.2) is 0 Å². The average Bonchev–Trinajstić information content (AvgIpc) is 3.05. The van der Waals surface area contributed by atoms with Gasteiger partial charge >= 0.3 is 0 Å². The summed E-state index contributed by atoms with van der Waals surface area (Å²) in [5.41, 5.74) is 0. The molecule has 0 unspecified atom stereocenters. The lowest BCUT2D eigenvalue weighted by Gasteiger charge is -2.24. The Morgan fingerprint density at radius 3 is 3.25 bits per heavy atom. The molecule has 108 valence electrons. The summed E-state index contributed by atoms with van der Waals surface area (Å²) in [5.74, 6) is 2.67. The van der Waals surface area contributed by atoms with E-state index >= 15 is 0 Å². The Balaban J connectivity index is 1.43. The van der Waals surface area contributed by atoms with Crippen molar-refractivity contribution >= 4 is 23.6 Å². The van der Waals surface area contributed by atoms with Gasteiger partial charge in [-0.25, -0.2) is 4.98 Å². The molecule has 6 nitrogen and oxygen atoms in total. The van der Waals surface area contributed by atoms with Crippen molar-refractivity contribution in [2.45, 2.75) is 19.4 Å². The van der Waals surface area contributed by atoms with Crippen LogP contribution in [0, 0.1) is 5.92 Å². The number of hydrogen-bond acceptors (Lipinski definition) is 4. The molecule has 2 amide bonds. The number of nitrogens with zero attached hydrogens (tertiary/aromatic N) is 3. The van der Waals surface area contributed by atoms with Crippen LogP contribution in [0.5, 0.6) is 0 Å². The molecule has 1 aromatic heterocycles. The van der Waals surface area contributed by atoms with Gasteiger partial charge in [-0.3, -0.25) is 9.59 Å². The van der Waals surface area contributed by atoms with Crippen LogP contribution < -0.4 is 5.32 Å². The Hall–Kier alpha value is -1.50. The molecular weight excluding hydrogens is 276 g/mol. The lowest BCUT2D eigenvalue weighted by Crippen LogP contribution is -2.40. The lowest BCUT2D eigenvalue weighted by atomic mass is 9.98. The van der Waals surface area contributed by atoms with Gasteiger partial charge in [0.05, 0.1) is 11.6 Å². The zero-order valence-corrected chi connectivity index (χ0v) is 12.1. The Bertz CT molecular complexity index is 516. The SMILES string of the molecule is O=C(CN1CSCC1=O)NC[C@@H]1CCn2ccnc2C1. The second kappa shape index (κ2) is 5.87. The minimum absolute atomic E-state index is 0.0600. The molecule has 7 heteroatoms. The van der Waals surface area contributed by atoms with Crippen molar-refractivity contribution in [3.63, 3.8) is 0 Å². The van der Waals surface area contributed by atoms with Crippen LogP contribution in [0.2, 0.25) is 0 Å². The van der Waals surface area contributed by atoms with Gasteiger partial charge in [0.25, 0.3) is 0 Å². The maximum absolute atomic E-state index is 11.8. The van der Waals surface area contributed by atoms with Gasteiger partial charge in [0.1, 0.15) is 12.4 Å². The number of aryl methyl sites for hydroxylation is 1. The summed E-state index contributed by atoms with van der Waals surface area (Å²) >= 11 is 1.56. The van der Waals surface area contributed by atoms with Gasteiger partial charge in [0.2, 0.25) is 11.8 Å². The minimum atomic E-state index is -0.0604. The first kappa shape index (κ1) is 13.5. The predicted molar refractivity (Wildman–Crippen MR) is 76.1 cm³/mol. The maximum Gasteiger partial charge on any atom is 0.239 e. The molecule has 1 fully saturated rings. The van der Waals surface area contributed by atoms with Crippen molar-refractivity contribution in [1.82, 2.24) is 19.8 Å². The fourth-order valence-corrected chi connectivity index (χ4v) is 3.52. The fraction of sp³-hybridized carbons (Fsp3) is 0.615. The Morgan fingerprint density at radius 2 is 2.45 bits per heavy atom. The predicted octanol–water partition coefficient (Wildman–Crippen LogP) is 0.0946. The first-order valence-corrected chi connectivity index (χ1v) is 8.00. The number of hydrogen-bond donors (Lipinski definition) is 1. The van der Waals surface area contributed by atoms with E-state index in [0.29, 0.717) is 24.1 Å². The summed E-state index contributed by atoms with van der Waals surface area (Å²) < 4.78 is 2.17. The molecule has 0 aromatic carbocycles. The highest BCUT2D eigenvalue weighted by Crippen LogP contribution is 2.18. The number of fused-ring (bicyclic) bond motifs is 1. The van der Waals surface area contributed by atoms with E-state index in [1.165, 1.54) is 0 Å². The standard InChI is InChI=1S/C13H18N4O2S/c18-12(7-17-9-20-8-13(17)19)15-6-10-1-3-16-4-2-14-11(16)5-10/h2,4,10H,1,3,5-9H2,(H,15,18)/t10-/m1/s1. The second-order valence-corrected chi connectivity index (χ2v) is 6.22. The summed E-state index contributed by atoms with van der Waals surface area (Å²) in [4.78, 5) is 29.2. The van der Waals surface area contributed by atoms with Crippen LogP contribution in [-0.4, -0.2) is 51.0 Å². The smallest absolute Gasteiger partial charge is 0.239 e. The quantitative estimate of drug-likeness (QED) is 0.855. The molecule has 0 aliphatic carbocycles. The molecule has 0 saturated carbocycles. The van der Waals surface area contributed by atoms with E-state index in [-0.39, 0.29) is 18.4 Å². The second-order valence-electron chi connectivity index (χ2n) is 5.27. The molecule has 0 bridgehead atoms. The molecule has 1 aromatic rings.